The van der Waals surface area contributed by atoms with Gasteiger partial charge in [-0.05, 0) is 12.5 Å². The second-order valence-electron chi connectivity index (χ2n) is 3.76. The summed E-state index contributed by atoms with van der Waals surface area (Å²) in [4.78, 5) is 3.39. The Morgan fingerprint density at radius 3 is 2.75 bits per heavy atom. The molecule has 2 unspecified atom stereocenters. The summed E-state index contributed by atoms with van der Waals surface area (Å²) in [7, 11) is 7.27. The molecule has 2 atom stereocenters. The van der Waals surface area contributed by atoms with Crippen molar-refractivity contribution in [2.24, 2.45) is 0 Å². The number of aromatic nitrogens is 1. The van der Waals surface area contributed by atoms with Gasteiger partial charge in [0, 0.05) is 30.1 Å². The summed E-state index contributed by atoms with van der Waals surface area (Å²) in [6, 6.07) is 8.41. The second-order valence-corrected chi connectivity index (χ2v) is 5.68. The molecule has 0 amide bonds. The third kappa shape index (κ3) is 2.38. The van der Waals surface area contributed by atoms with Crippen LogP contribution in [0.3, 0.4) is 0 Å². The molecule has 16 heavy (non-hydrogen) atoms. The highest BCUT2D eigenvalue weighted by molar-refractivity contribution is 7.30. The first kappa shape index (κ1) is 11.9. The summed E-state index contributed by atoms with van der Waals surface area (Å²) in [5.74, 6) is 1.12. The van der Waals surface area contributed by atoms with Crippen molar-refractivity contribution in [3.05, 3.63) is 29.8 Å². The quantitative estimate of drug-likeness (QED) is 0.821. The van der Waals surface area contributed by atoms with Gasteiger partial charge < -0.3 is 10.3 Å². The van der Waals surface area contributed by atoms with Gasteiger partial charge in [0.15, 0.2) is 0 Å². The number of benzene rings is 1. The number of hydrogen-bond acceptors (Lipinski definition) is 2. The van der Waals surface area contributed by atoms with Crippen LogP contribution in [0.15, 0.2) is 24.3 Å². The summed E-state index contributed by atoms with van der Waals surface area (Å²) in [6.45, 7) is 0.992. The van der Waals surface area contributed by atoms with Crippen molar-refractivity contribution >= 4 is 35.5 Å². The van der Waals surface area contributed by atoms with Crippen molar-refractivity contribution in [3.8, 4) is 0 Å². The molecule has 1 aromatic heterocycles. The predicted octanol–water partition coefficient (Wildman–Crippen LogP) is 2.63. The summed E-state index contributed by atoms with van der Waals surface area (Å²) >= 11 is 0. The first-order valence-corrected chi connectivity index (χ1v) is 6.30. The highest BCUT2D eigenvalue weighted by atomic mass is 31.1. The van der Waals surface area contributed by atoms with Crippen LogP contribution in [0.25, 0.3) is 10.9 Å². The van der Waals surface area contributed by atoms with Gasteiger partial charge in [-0.25, -0.2) is 0 Å². The average Bonchev–Trinajstić information content (AvgIpc) is 2.64. The number of aromatic amines is 1. The van der Waals surface area contributed by atoms with E-state index in [1.54, 1.807) is 0 Å². The molecule has 2 N–H and O–H groups in total. The lowest BCUT2D eigenvalue weighted by Crippen LogP contribution is -2.04. The third-order valence-electron chi connectivity index (χ3n) is 2.68. The van der Waals surface area contributed by atoms with E-state index < -0.39 is 0 Å². The first-order chi connectivity index (χ1) is 7.72. The molecule has 86 valence electrons. The van der Waals surface area contributed by atoms with Crippen molar-refractivity contribution in [1.29, 1.82) is 0 Å². The normalized spacial score (nSPS) is 11.2. The van der Waals surface area contributed by atoms with Crippen molar-refractivity contribution in [2.45, 2.75) is 6.42 Å². The smallest absolute Gasteiger partial charge is 0.107 e. The largest absolute Gasteiger partial charge is 0.374 e. The van der Waals surface area contributed by atoms with Crippen molar-refractivity contribution in [1.82, 2.24) is 9.42 Å². The number of anilines is 1. The number of para-hydroxylation sites is 1. The zero-order valence-corrected chi connectivity index (χ0v) is 11.6. The molecule has 2 rings (SSSR count). The summed E-state index contributed by atoms with van der Waals surface area (Å²) in [6.07, 6.45) is 1.02. The lowest BCUT2D eigenvalue weighted by Gasteiger charge is -2.09. The molecule has 5 heteroatoms. The highest BCUT2D eigenvalue weighted by Crippen LogP contribution is 2.27. The molecule has 0 aliphatic rings. The fraction of sp³-hybridized carbons (Fsp3) is 0.273. The summed E-state index contributed by atoms with van der Waals surface area (Å²) < 4.78 is 2.04. The zero-order valence-electron chi connectivity index (χ0n) is 9.33. The molecule has 0 spiro atoms. The lowest BCUT2D eigenvalue weighted by atomic mass is 10.1. The van der Waals surface area contributed by atoms with Crippen LogP contribution in [-0.2, 0) is 6.42 Å². The molecule has 0 aliphatic heterocycles. The van der Waals surface area contributed by atoms with Crippen LogP contribution in [0.4, 0.5) is 5.82 Å². The summed E-state index contributed by atoms with van der Waals surface area (Å²) in [5.41, 5.74) is 2.55. The van der Waals surface area contributed by atoms with Crippen LogP contribution in [-0.4, -0.2) is 23.0 Å². The molecule has 2 aromatic rings. The molecule has 0 radical (unpaired) electrons. The fourth-order valence-corrected chi connectivity index (χ4v) is 2.17. The Hall–Kier alpha value is -0.620. The SMILES string of the molecule is CNc1[nH]c2ccccc2c1CCN(P)P. The minimum Gasteiger partial charge on any atom is -0.374 e. The van der Waals surface area contributed by atoms with Gasteiger partial charge in [0.1, 0.15) is 5.82 Å². The van der Waals surface area contributed by atoms with Gasteiger partial charge in [-0.15, -0.1) is 0 Å². The van der Waals surface area contributed by atoms with Crippen molar-refractivity contribution < 1.29 is 0 Å². The van der Waals surface area contributed by atoms with Gasteiger partial charge >= 0.3 is 0 Å². The van der Waals surface area contributed by atoms with Crippen molar-refractivity contribution in [2.75, 3.05) is 18.9 Å². The topological polar surface area (TPSA) is 31.1 Å². The van der Waals surface area contributed by atoms with Crippen LogP contribution in [0.1, 0.15) is 5.56 Å². The Balaban J connectivity index is 2.39. The van der Waals surface area contributed by atoms with E-state index in [0.717, 1.165) is 18.8 Å². The van der Waals surface area contributed by atoms with Crippen LogP contribution < -0.4 is 5.32 Å². The molecule has 1 aromatic carbocycles. The Labute approximate surface area is 100 Å². The van der Waals surface area contributed by atoms with Crippen LogP contribution in [0.5, 0.6) is 0 Å². The zero-order chi connectivity index (χ0) is 11.5. The minimum atomic E-state index is 0.992. The minimum absolute atomic E-state index is 0.992. The van der Waals surface area contributed by atoms with Gasteiger partial charge in [-0.3, -0.25) is 4.44 Å². The van der Waals surface area contributed by atoms with Gasteiger partial charge in [-0.2, -0.15) is 0 Å². The summed E-state index contributed by atoms with van der Waals surface area (Å²) in [5, 5.41) is 4.53. The van der Waals surface area contributed by atoms with Crippen LogP contribution >= 0.6 is 18.8 Å². The maximum atomic E-state index is 3.39. The van der Waals surface area contributed by atoms with Gasteiger partial charge in [0.05, 0.1) is 0 Å². The molecular formula is C11H17N3P2. The number of hydrogen-bond donors (Lipinski definition) is 2. The number of nitrogens with zero attached hydrogens (tertiary/aromatic N) is 1. The monoisotopic (exact) mass is 253 g/mol. The molecule has 1 heterocycles. The molecule has 0 aliphatic carbocycles. The molecular weight excluding hydrogens is 236 g/mol. The van der Waals surface area contributed by atoms with Gasteiger partial charge in [0.25, 0.3) is 0 Å². The van der Waals surface area contributed by atoms with E-state index in [9.17, 15) is 0 Å². The van der Waals surface area contributed by atoms with E-state index in [-0.39, 0.29) is 0 Å². The molecule has 3 nitrogen and oxygen atoms in total. The maximum absolute atomic E-state index is 3.39. The second kappa shape index (κ2) is 5.14. The first-order valence-electron chi connectivity index (χ1n) is 5.26. The Kier molecular flexibility index (Phi) is 3.81. The van der Waals surface area contributed by atoms with E-state index in [1.165, 1.54) is 16.5 Å². The Morgan fingerprint density at radius 2 is 2.06 bits per heavy atom. The Bertz CT molecular complexity index is 479. The average molecular weight is 253 g/mol. The van der Waals surface area contributed by atoms with Gasteiger partial charge in [0.2, 0.25) is 0 Å². The number of nitrogens with one attached hydrogen (secondary N) is 2. The van der Waals surface area contributed by atoms with Crippen molar-refractivity contribution in [3.63, 3.8) is 0 Å². The standard InChI is InChI=1S/C11H17N3P2/c1-12-11-9(6-7-14(15)16)8-4-2-3-5-10(8)13-11/h2-5,12-13H,6-7,15-16H2,1H3. The number of fused-ring (bicyclic) bond motifs is 1. The highest BCUT2D eigenvalue weighted by Gasteiger charge is 2.09. The number of rotatable bonds is 4. The van der Waals surface area contributed by atoms with Crippen LogP contribution in [0, 0.1) is 0 Å². The molecule has 0 saturated carbocycles. The lowest BCUT2D eigenvalue weighted by molar-refractivity contribution is 0.729. The van der Waals surface area contributed by atoms with E-state index >= 15 is 0 Å². The molecule has 0 fully saturated rings. The predicted molar refractivity (Wildman–Crippen MR) is 77.7 cm³/mol. The number of H-pyrrole nitrogens is 1. The molecule has 0 bridgehead atoms. The Morgan fingerprint density at radius 1 is 1.31 bits per heavy atom. The van der Waals surface area contributed by atoms with E-state index in [1.807, 2.05) is 11.5 Å². The third-order valence-corrected chi connectivity index (χ3v) is 3.20. The van der Waals surface area contributed by atoms with E-state index in [4.69, 9.17) is 0 Å². The van der Waals surface area contributed by atoms with Crippen LogP contribution in [0.2, 0.25) is 0 Å². The maximum Gasteiger partial charge on any atom is 0.107 e. The van der Waals surface area contributed by atoms with Gasteiger partial charge in [-0.1, -0.05) is 37.0 Å². The van der Waals surface area contributed by atoms with E-state index in [0.29, 0.717) is 0 Å². The fourth-order valence-electron chi connectivity index (χ4n) is 1.91. The van der Waals surface area contributed by atoms with E-state index in [2.05, 4.69) is 53.3 Å². The molecule has 0 saturated heterocycles.